The number of hydrogen-bond acceptors (Lipinski definition) is 3. The second kappa shape index (κ2) is 4.26. The van der Waals surface area contributed by atoms with Gasteiger partial charge in [-0.3, -0.25) is 9.78 Å². The smallest absolute Gasteiger partial charge is 0.159 e. The van der Waals surface area contributed by atoms with Crippen LogP contribution in [-0.2, 0) is 4.79 Å². The molecule has 1 aromatic heterocycles. The summed E-state index contributed by atoms with van der Waals surface area (Å²) in [5.41, 5.74) is 2.02. The molecule has 1 heterocycles. The maximum atomic E-state index is 11.5. The molecular formula is C15H13NO2. The Morgan fingerprint density at radius 3 is 2.83 bits per heavy atom. The van der Waals surface area contributed by atoms with Crippen molar-refractivity contribution in [3.05, 3.63) is 53.9 Å². The van der Waals surface area contributed by atoms with Crippen LogP contribution in [0.5, 0.6) is 0 Å². The number of allylic oxidation sites excluding steroid dienone is 2. The van der Waals surface area contributed by atoms with Gasteiger partial charge < -0.3 is 5.11 Å². The molecule has 3 rings (SSSR count). The number of carbonyl (C=O) groups is 1. The van der Waals surface area contributed by atoms with Crippen LogP contribution in [0.4, 0.5) is 0 Å². The number of fused-ring (bicyclic) bond motifs is 1. The highest BCUT2D eigenvalue weighted by molar-refractivity contribution is 5.92. The van der Waals surface area contributed by atoms with E-state index in [1.165, 1.54) is 6.08 Å². The van der Waals surface area contributed by atoms with Gasteiger partial charge in [-0.05, 0) is 23.6 Å². The van der Waals surface area contributed by atoms with E-state index in [1.54, 1.807) is 6.20 Å². The van der Waals surface area contributed by atoms with Gasteiger partial charge >= 0.3 is 0 Å². The Labute approximate surface area is 105 Å². The lowest BCUT2D eigenvalue weighted by molar-refractivity contribution is -0.115. The maximum absolute atomic E-state index is 11.5. The topological polar surface area (TPSA) is 50.2 Å². The molecule has 0 saturated heterocycles. The number of carbonyl (C=O) groups excluding carboxylic acids is 1. The van der Waals surface area contributed by atoms with E-state index in [9.17, 15) is 9.90 Å². The Hall–Kier alpha value is -2.16. The summed E-state index contributed by atoms with van der Waals surface area (Å²) >= 11 is 0. The Morgan fingerprint density at radius 1 is 1.17 bits per heavy atom. The Kier molecular flexibility index (Phi) is 2.59. The quantitative estimate of drug-likeness (QED) is 0.831. The number of pyridine rings is 1. The average molecular weight is 239 g/mol. The summed E-state index contributed by atoms with van der Waals surface area (Å²) in [5, 5.41) is 10.7. The summed E-state index contributed by atoms with van der Waals surface area (Å²) in [6, 6.07) is 9.83. The van der Waals surface area contributed by atoms with E-state index in [4.69, 9.17) is 0 Å². The Bertz CT molecular complexity index is 640. The first-order valence-electron chi connectivity index (χ1n) is 6.00. The fourth-order valence-corrected chi connectivity index (χ4v) is 2.57. The fourth-order valence-electron chi connectivity index (χ4n) is 2.57. The minimum absolute atomic E-state index is 0.00959. The van der Waals surface area contributed by atoms with Gasteiger partial charge in [-0.25, -0.2) is 0 Å². The summed E-state index contributed by atoms with van der Waals surface area (Å²) in [6.45, 7) is 0. The first-order chi connectivity index (χ1) is 8.74. The van der Waals surface area contributed by atoms with Crippen molar-refractivity contribution in [1.29, 1.82) is 0 Å². The molecule has 18 heavy (non-hydrogen) atoms. The van der Waals surface area contributed by atoms with Crippen LogP contribution in [0, 0.1) is 0 Å². The maximum Gasteiger partial charge on any atom is 0.159 e. The standard InChI is InChI=1S/C15H13NO2/c17-11-7-10(8-12(18)9-11)13-5-6-16-15-4-2-1-3-14(13)15/h1-6,9-10,17H,7-8H2. The van der Waals surface area contributed by atoms with Crippen LogP contribution >= 0.6 is 0 Å². The number of aromatic nitrogens is 1. The summed E-state index contributed by atoms with van der Waals surface area (Å²) in [7, 11) is 0. The van der Waals surface area contributed by atoms with Gasteiger partial charge in [-0.15, -0.1) is 0 Å². The monoisotopic (exact) mass is 239 g/mol. The van der Waals surface area contributed by atoms with Gasteiger partial charge in [-0.1, -0.05) is 18.2 Å². The zero-order chi connectivity index (χ0) is 12.5. The molecule has 0 amide bonds. The first-order valence-corrected chi connectivity index (χ1v) is 6.00. The van der Waals surface area contributed by atoms with Gasteiger partial charge in [0.25, 0.3) is 0 Å². The van der Waals surface area contributed by atoms with Crippen molar-refractivity contribution in [3.8, 4) is 0 Å². The molecule has 1 unspecified atom stereocenters. The summed E-state index contributed by atoms with van der Waals surface area (Å²) < 4.78 is 0. The number of benzene rings is 1. The zero-order valence-corrected chi connectivity index (χ0v) is 9.84. The third-order valence-corrected chi connectivity index (χ3v) is 3.35. The minimum Gasteiger partial charge on any atom is -0.512 e. The first kappa shape index (κ1) is 11.0. The molecule has 0 aliphatic heterocycles. The van der Waals surface area contributed by atoms with Gasteiger partial charge in [-0.2, -0.15) is 0 Å². The van der Waals surface area contributed by atoms with Crippen LogP contribution in [-0.4, -0.2) is 15.9 Å². The van der Waals surface area contributed by atoms with Crippen molar-refractivity contribution in [3.63, 3.8) is 0 Å². The van der Waals surface area contributed by atoms with E-state index >= 15 is 0 Å². The third-order valence-electron chi connectivity index (χ3n) is 3.35. The highest BCUT2D eigenvalue weighted by Crippen LogP contribution is 2.33. The lowest BCUT2D eigenvalue weighted by Gasteiger charge is -2.20. The molecule has 1 aliphatic rings. The zero-order valence-electron chi connectivity index (χ0n) is 9.84. The SMILES string of the molecule is O=C1C=C(O)CC(c2ccnc3ccccc23)C1. The van der Waals surface area contributed by atoms with Crippen LogP contribution in [0.15, 0.2) is 48.4 Å². The van der Waals surface area contributed by atoms with Gasteiger partial charge in [0.05, 0.1) is 11.3 Å². The molecular weight excluding hydrogens is 226 g/mol. The second-order valence-electron chi connectivity index (χ2n) is 4.62. The largest absolute Gasteiger partial charge is 0.512 e. The van der Waals surface area contributed by atoms with Gasteiger partial charge in [0.15, 0.2) is 5.78 Å². The highest BCUT2D eigenvalue weighted by Gasteiger charge is 2.23. The number of ketones is 1. The molecule has 1 aliphatic carbocycles. The summed E-state index contributed by atoms with van der Waals surface area (Å²) in [4.78, 5) is 15.9. The molecule has 0 fully saturated rings. The molecule has 3 nitrogen and oxygen atoms in total. The third kappa shape index (κ3) is 1.88. The lowest BCUT2D eigenvalue weighted by atomic mass is 9.85. The predicted molar refractivity (Wildman–Crippen MR) is 69.4 cm³/mol. The number of hydrogen-bond donors (Lipinski definition) is 1. The van der Waals surface area contributed by atoms with E-state index in [2.05, 4.69) is 4.98 Å². The summed E-state index contributed by atoms with van der Waals surface area (Å²) in [6.07, 6.45) is 4.08. The highest BCUT2D eigenvalue weighted by atomic mass is 16.3. The van der Waals surface area contributed by atoms with E-state index in [-0.39, 0.29) is 17.5 Å². The van der Waals surface area contributed by atoms with Crippen LogP contribution in [0.25, 0.3) is 10.9 Å². The Morgan fingerprint density at radius 2 is 2.00 bits per heavy atom. The average Bonchev–Trinajstić information content (AvgIpc) is 2.37. The predicted octanol–water partition coefficient (Wildman–Crippen LogP) is 3.12. The van der Waals surface area contributed by atoms with E-state index in [0.717, 1.165) is 16.5 Å². The van der Waals surface area contributed by atoms with Crippen LogP contribution in [0.2, 0.25) is 0 Å². The van der Waals surface area contributed by atoms with E-state index in [0.29, 0.717) is 12.8 Å². The Balaban J connectivity index is 2.10. The van der Waals surface area contributed by atoms with Gasteiger partial charge in [0.2, 0.25) is 0 Å². The van der Waals surface area contributed by atoms with Crippen molar-refractivity contribution < 1.29 is 9.90 Å². The molecule has 1 aromatic carbocycles. The number of rotatable bonds is 1. The van der Waals surface area contributed by atoms with Crippen molar-refractivity contribution in [1.82, 2.24) is 4.98 Å². The number of nitrogens with zero attached hydrogens (tertiary/aromatic N) is 1. The number of para-hydroxylation sites is 1. The van der Waals surface area contributed by atoms with Crippen LogP contribution in [0.1, 0.15) is 24.3 Å². The molecule has 0 radical (unpaired) electrons. The normalized spacial score (nSPS) is 19.9. The van der Waals surface area contributed by atoms with Crippen molar-refractivity contribution in [2.24, 2.45) is 0 Å². The molecule has 2 aromatic rings. The fraction of sp³-hybridized carbons (Fsp3) is 0.200. The molecule has 90 valence electrons. The second-order valence-corrected chi connectivity index (χ2v) is 4.62. The molecule has 3 heteroatoms. The molecule has 0 saturated carbocycles. The molecule has 1 atom stereocenters. The van der Waals surface area contributed by atoms with Crippen molar-refractivity contribution in [2.45, 2.75) is 18.8 Å². The van der Waals surface area contributed by atoms with E-state index < -0.39 is 0 Å². The van der Waals surface area contributed by atoms with Gasteiger partial charge in [0.1, 0.15) is 0 Å². The van der Waals surface area contributed by atoms with E-state index in [1.807, 2.05) is 30.3 Å². The molecule has 0 bridgehead atoms. The molecule has 0 spiro atoms. The van der Waals surface area contributed by atoms with Gasteiger partial charge in [0, 0.05) is 30.5 Å². The van der Waals surface area contributed by atoms with Crippen molar-refractivity contribution in [2.75, 3.05) is 0 Å². The van der Waals surface area contributed by atoms with Crippen molar-refractivity contribution >= 4 is 16.7 Å². The lowest BCUT2D eigenvalue weighted by Crippen LogP contribution is -2.13. The van der Waals surface area contributed by atoms with Crippen LogP contribution < -0.4 is 0 Å². The van der Waals surface area contributed by atoms with Crippen LogP contribution in [0.3, 0.4) is 0 Å². The number of aliphatic hydroxyl groups is 1. The number of aliphatic hydroxyl groups excluding tert-OH is 1. The molecule has 1 N–H and O–H groups in total. The summed E-state index contributed by atoms with van der Waals surface area (Å²) in [5.74, 6) is 0.220. The minimum atomic E-state index is -0.00959.